The van der Waals surface area contributed by atoms with Gasteiger partial charge in [0, 0.05) is 11.3 Å². The monoisotopic (exact) mass is 388 g/mol. The van der Waals surface area contributed by atoms with Crippen LogP contribution in [0, 0.1) is 18.6 Å². The van der Waals surface area contributed by atoms with Gasteiger partial charge in [0.25, 0.3) is 5.95 Å². The molecular formula is C17H20N6O3S. The second-order valence-corrected chi connectivity index (χ2v) is 6.07. The Morgan fingerprint density at radius 1 is 1.07 bits per heavy atom. The lowest BCUT2D eigenvalue weighted by Crippen LogP contribution is -2.07. The van der Waals surface area contributed by atoms with Crippen LogP contribution in [-0.4, -0.2) is 52.2 Å². The van der Waals surface area contributed by atoms with E-state index in [2.05, 4.69) is 20.4 Å². The lowest BCUT2D eigenvalue weighted by molar-refractivity contribution is 0.324. The number of hydrogen-bond donors (Lipinski definition) is 1. The normalized spacial score (nSPS) is 11.1. The van der Waals surface area contributed by atoms with Crippen molar-refractivity contribution in [1.29, 1.82) is 0 Å². The Labute approximate surface area is 161 Å². The van der Waals surface area contributed by atoms with E-state index in [1.54, 1.807) is 44.4 Å². The number of methoxy groups -OCH3 is 3. The molecule has 3 rings (SSSR count). The van der Waals surface area contributed by atoms with E-state index >= 15 is 0 Å². The van der Waals surface area contributed by atoms with Crippen LogP contribution in [0.4, 0.5) is 0 Å². The molecule has 142 valence electrons. The number of aromatic nitrogens is 5. The molecule has 0 saturated carbocycles. The minimum absolute atomic E-state index is 0.348. The maximum Gasteiger partial charge on any atom is 0.271 e. The van der Waals surface area contributed by atoms with Crippen molar-refractivity contribution < 1.29 is 14.2 Å². The van der Waals surface area contributed by atoms with E-state index in [-0.39, 0.29) is 0 Å². The van der Waals surface area contributed by atoms with Gasteiger partial charge in [-0.05, 0) is 44.3 Å². The predicted octanol–water partition coefficient (Wildman–Crippen LogP) is 2.65. The fourth-order valence-corrected chi connectivity index (χ4v) is 2.83. The first-order chi connectivity index (χ1) is 13.0. The van der Waals surface area contributed by atoms with E-state index in [1.165, 1.54) is 4.68 Å². The molecule has 2 aromatic heterocycles. The zero-order valence-electron chi connectivity index (χ0n) is 15.7. The molecule has 0 fully saturated rings. The van der Waals surface area contributed by atoms with Crippen LogP contribution in [0.15, 0.2) is 23.3 Å². The number of nitrogens with zero attached hydrogens (tertiary/aromatic N) is 5. The summed E-state index contributed by atoms with van der Waals surface area (Å²) in [5.74, 6) is 2.05. The maximum absolute atomic E-state index is 5.37. The van der Waals surface area contributed by atoms with Crippen LogP contribution in [-0.2, 0) is 0 Å². The molecule has 1 aromatic carbocycles. The largest absolute Gasteiger partial charge is 0.493 e. The summed E-state index contributed by atoms with van der Waals surface area (Å²) in [5.41, 5.74) is 2.54. The lowest BCUT2D eigenvalue weighted by atomic mass is 10.2. The molecule has 10 heteroatoms. The van der Waals surface area contributed by atoms with Gasteiger partial charge in [0.1, 0.15) is 0 Å². The summed E-state index contributed by atoms with van der Waals surface area (Å²) in [4.78, 5) is 0. The zero-order valence-corrected chi connectivity index (χ0v) is 16.5. The number of aromatic amines is 1. The van der Waals surface area contributed by atoms with Crippen molar-refractivity contribution in [3.63, 3.8) is 0 Å². The smallest absolute Gasteiger partial charge is 0.271 e. The highest BCUT2D eigenvalue weighted by molar-refractivity contribution is 7.71. The van der Waals surface area contributed by atoms with Gasteiger partial charge < -0.3 is 14.2 Å². The minimum Gasteiger partial charge on any atom is -0.493 e. The van der Waals surface area contributed by atoms with Gasteiger partial charge in [-0.25, -0.2) is 9.78 Å². The molecule has 0 bridgehead atoms. The van der Waals surface area contributed by atoms with Crippen molar-refractivity contribution in [2.75, 3.05) is 21.3 Å². The fourth-order valence-electron chi connectivity index (χ4n) is 2.66. The number of H-pyrrole nitrogens is 1. The highest BCUT2D eigenvalue weighted by Crippen LogP contribution is 2.37. The second kappa shape index (κ2) is 7.62. The van der Waals surface area contributed by atoms with Crippen LogP contribution in [0.3, 0.4) is 0 Å². The van der Waals surface area contributed by atoms with Crippen LogP contribution in [0.1, 0.15) is 17.0 Å². The van der Waals surface area contributed by atoms with Crippen molar-refractivity contribution in [3.05, 3.63) is 39.9 Å². The van der Waals surface area contributed by atoms with Crippen LogP contribution < -0.4 is 14.2 Å². The standard InChI is InChI=1S/C17H20N6O3S/c1-10-6-11(2)22(21-10)16-19-20-17(27)23(16)18-9-12-7-13(24-3)15(26-5)14(8-12)25-4/h6-9H,1-5H3,(H,20,27)/b18-9-. The SMILES string of the molecule is COc1cc(/C=N\n2c(-n3nc(C)cc3C)n[nH]c2=S)cc(OC)c1OC. The molecule has 27 heavy (non-hydrogen) atoms. The van der Waals surface area contributed by atoms with Crippen LogP contribution in [0.5, 0.6) is 17.2 Å². The van der Waals surface area contributed by atoms with E-state index in [0.29, 0.717) is 28.0 Å². The van der Waals surface area contributed by atoms with E-state index in [1.807, 2.05) is 19.9 Å². The number of ether oxygens (including phenoxy) is 3. The molecule has 0 aliphatic carbocycles. The molecule has 9 nitrogen and oxygen atoms in total. The summed E-state index contributed by atoms with van der Waals surface area (Å²) >= 11 is 5.30. The quantitative estimate of drug-likeness (QED) is 0.516. The van der Waals surface area contributed by atoms with Gasteiger partial charge in [-0.3, -0.25) is 0 Å². The van der Waals surface area contributed by atoms with Gasteiger partial charge in [0.2, 0.25) is 10.5 Å². The summed E-state index contributed by atoms with van der Waals surface area (Å²) in [5, 5.41) is 15.8. The Morgan fingerprint density at radius 3 is 2.26 bits per heavy atom. The zero-order chi connectivity index (χ0) is 19.6. The molecule has 0 spiro atoms. The molecule has 0 unspecified atom stereocenters. The molecule has 0 radical (unpaired) electrons. The lowest BCUT2D eigenvalue weighted by Gasteiger charge is -2.12. The highest BCUT2D eigenvalue weighted by atomic mass is 32.1. The molecule has 2 heterocycles. The van der Waals surface area contributed by atoms with Crippen molar-refractivity contribution in [2.24, 2.45) is 5.10 Å². The Hall–Kier alpha value is -3.14. The van der Waals surface area contributed by atoms with Crippen molar-refractivity contribution in [1.82, 2.24) is 24.7 Å². The molecule has 1 N–H and O–H groups in total. The first-order valence-electron chi connectivity index (χ1n) is 8.04. The number of rotatable bonds is 6. The van der Waals surface area contributed by atoms with E-state index in [9.17, 15) is 0 Å². The summed E-state index contributed by atoms with van der Waals surface area (Å²) < 4.78 is 19.6. The topological polar surface area (TPSA) is 91.5 Å². The first-order valence-corrected chi connectivity index (χ1v) is 8.44. The molecule has 3 aromatic rings. The van der Waals surface area contributed by atoms with Gasteiger partial charge in [-0.15, -0.1) is 5.10 Å². The third kappa shape index (κ3) is 3.56. The minimum atomic E-state index is 0.348. The Bertz CT molecular complexity index is 1020. The molecule has 0 amide bonds. The van der Waals surface area contributed by atoms with Gasteiger partial charge in [-0.1, -0.05) is 0 Å². The summed E-state index contributed by atoms with van der Waals surface area (Å²) in [6.45, 7) is 3.85. The molecule has 0 saturated heterocycles. The average Bonchev–Trinajstić information content (AvgIpc) is 3.19. The van der Waals surface area contributed by atoms with Crippen LogP contribution >= 0.6 is 12.2 Å². The highest BCUT2D eigenvalue weighted by Gasteiger charge is 2.14. The summed E-state index contributed by atoms with van der Waals surface area (Å²) in [6, 6.07) is 5.53. The van der Waals surface area contributed by atoms with Crippen molar-refractivity contribution >= 4 is 18.4 Å². The third-order valence-electron chi connectivity index (χ3n) is 3.84. The number of nitrogens with one attached hydrogen (secondary N) is 1. The Morgan fingerprint density at radius 2 is 1.74 bits per heavy atom. The molecule has 0 aliphatic heterocycles. The van der Waals surface area contributed by atoms with Gasteiger partial charge in [-0.2, -0.15) is 14.9 Å². The Kier molecular flexibility index (Phi) is 5.26. The third-order valence-corrected chi connectivity index (χ3v) is 4.11. The van der Waals surface area contributed by atoms with Crippen molar-refractivity contribution in [3.8, 4) is 23.2 Å². The number of benzene rings is 1. The molecule has 0 aliphatic rings. The van der Waals surface area contributed by atoms with E-state index in [4.69, 9.17) is 26.4 Å². The average molecular weight is 388 g/mol. The number of hydrogen-bond acceptors (Lipinski definition) is 7. The second-order valence-electron chi connectivity index (χ2n) is 5.68. The van der Waals surface area contributed by atoms with Gasteiger partial charge >= 0.3 is 0 Å². The first kappa shape index (κ1) is 18.6. The van der Waals surface area contributed by atoms with Crippen LogP contribution in [0.2, 0.25) is 0 Å². The predicted molar refractivity (Wildman–Crippen MR) is 103 cm³/mol. The Balaban J connectivity index is 2.04. The van der Waals surface area contributed by atoms with E-state index in [0.717, 1.165) is 17.0 Å². The van der Waals surface area contributed by atoms with Crippen molar-refractivity contribution in [2.45, 2.75) is 13.8 Å². The fraction of sp³-hybridized carbons (Fsp3) is 0.294. The van der Waals surface area contributed by atoms with Crippen LogP contribution in [0.25, 0.3) is 5.95 Å². The van der Waals surface area contributed by atoms with E-state index < -0.39 is 0 Å². The summed E-state index contributed by atoms with van der Waals surface area (Å²) in [6.07, 6.45) is 1.63. The maximum atomic E-state index is 5.37. The molecular weight excluding hydrogens is 368 g/mol. The molecule has 0 atom stereocenters. The van der Waals surface area contributed by atoms with Gasteiger partial charge in [0.15, 0.2) is 11.5 Å². The summed E-state index contributed by atoms with van der Waals surface area (Å²) in [7, 11) is 4.68. The van der Waals surface area contributed by atoms with Gasteiger partial charge in [0.05, 0.1) is 33.2 Å². The number of aryl methyl sites for hydroxylation is 2.